The second-order valence-corrected chi connectivity index (χ2v) is 11.7. The van der Waals surface area contributed by atoms with Gasteiger partial charge in [0, 0.05) is 25.2 Å². The Labute approximate surface area is 216 Å². The van der Waals surface area contributed by atoms with Crippen LogP contribution in [0.4, 0.5) is 4.79 Å². The Morgan fingerprint density at radius 1 is 1.14 bits per heavy atom. The van der Waals surface area contributed by atoms with E-state index in [2.05, 4.69) is 5.32 Å². The van der Waals surface area contributed by atoms with Crippen molar-refractivity contribution in [1.82, 2.24) is 10.2 Å². The van der Waals surface area contributed by atoms with Crippen molar-refractivity contribution in [3.63, 3.8) is 0 Å². The van der Waals surface area contributed by atoms with E-state index in [1.807, 2.05) is 20.8 Å². The fraction of sp³-hybridized carbons (Fsp3) is 0.458. The van der Waals surface area contributed by atoms with Crippen molar-refractivity contribution in [2.75, 3.05) is 20.3 Å². The number of benzene rings is 2. The van der Waals surface area contributed by atoms with Crippen LogP contribution in [0, 0.1) is 0 Å². The highest BCUT2D eigenvalue weighted by Gasteiger charge is 2.26. The van der Waals surface area contributed by atoms with Gasteiger partial charge < -0.3 is 23.9 Å². The Kier molecular flexibility index (Phi) is 8.80. The van der Waals surface area contributed by atoms with Crippen LogP contribution in [0.5, 0.6) is 11.5 Å². The van der Waals surface area contributed by atoms with E-state index in [0.717, 1.165) is 12.8 Å². The maximum absolute atomic E-state index is 13.0. The quantitative estimate of drug-likeness (QED) is 0.455. The third-order valence-electron chi connectivity index (χ3n) is 5.20. The fourth-order valence-electron chi connectivity index (χ4n) is 3.56. The highest BCUT2D eigenvalue weighted by molar-refractivity contribution is 7.87. The Balaban J connectivity index is 1.87. The summed E-state index contributed by atoms with van der Waals surface area (Å²) in [6, 6.07) is 8.56. The molecule has 0 spiro atoms. The van der Waals surface area contributed by atoms with E-state index in [9.17, 15) is 13.2 Å². The van der Waals surface area contributed by atoms with E-state index in [1.54, 1.807) is 23.1 Å². The standard InChI is InChI=1S/C24H30Cl2N2O6S/c1-24(2,3)27-23(29)28(15-17-6-5-11-33-17)14-16-7-10-21(32-4)22(12-16)34-35(30,31)18-8-9-19(25)20(26)13-18/h7-10,12-13,17H,5-6,11,14-15H2,1-4H3,(H,27,29)/t17-/m0/s1. The topological polar surface area (TPSA) is 94.2 Å². The minimum atomic E-state index is -4.23. The first kappa shape index (κ1) is 27.4. The van der Waals surface area contributed by atoms with Crippen molar-refractivity contribution in [1.29, 1.82) is 0 Å². The molecule has 1 aliphatic rings. The van der Waals surface area contributed by atoms with Crippen LogP contribution in [0.15, 0.2) is 41.3 Å². The minimum absolute atomic E-state index is 0.00984. The molecule has 1 fully saturated rings. The van der Waals surface area contributed by atoms with E-state index >= 15 is 0 Å². The van der Waals surface area contributed by atoms with Crippen molar-refractivity contribution in [2.24, 2.45) is 0 Å². The van der Waals surface area contributed by atoms with Gasteiger partial charge >= 0.3 is 16.1 Å². The Morgan fingerprint density at radius 3 is 2.49 bits per heavy atom. The number of amides is 2. The number of halogens is 2. The van der Waals surface area contributed by atoms with Gasteiger partial charge in [-0.1, -0.05) is 29.3 Å². The molecule has 2 aromatic carbocycles. The van der Waals surface area contributed by atoms with Crippen LogP contribution in [0.2, 0.25) is 10.0 Å². The first-order chi connectivity index (χ1) is 16.4. The molecule has 192 valence electrons. The van der Waals surface area contributed by atoms with Gasteiger partial charge in [-0.15, -0.1) is 0 Å². The lowest BCUT2D eigenvalue weighted by Gasteiger charge is -2.30. The molecule has 0 aromatic heterocycles. The van der Waals surface area contributed by atoms with E-state index in [4.69, 9.17) is 36.9 Å². The summed E-state index contributed by atoms with van der Waals surface area (Å²) in [5.41, 5.74) is 0.237. The molecule has 1 aliphatic heterocycles. The number of urea groups is 1. The molecule has 1 atom stereocenters. The molecule has 8 nitrogen and oxygen atoms in total. The molecular formula is C24H30Cl2N2O6S. The van der Waals surface area contributed by atoms with Gasteiger partial charge in [0.05, 0.1) is 23.3 Å². The Bertz CT molecular complexity index is 1160. The summed E-state index contributed by atoms with van der Waals surface area (Å²) < 4.78 is 42.2. The zero-order valence-electron chi connectivity index (χ0n) is 20.1. The summed E-state index contributed by atoms with van der Waals surface area (Å²) in [4.78, 5) is 14.5. The first-order valence-electron chi connectivity index (χ1n) is 11.1. The Morgan fingerprint density at radius 2 is 1.89 bits per heavy atom. The van der Waals surface area contributed by atoms with Crippen molar-refractivity contribution >= 4 is 39.4 Å². The third kappa shape index (κ3) is 7.64. The first-order valence-corrected chi connectivity index (χ1v) is 13.3. The molecule has 0 unspecified atom stereocenters. The molecule has 1 heterocycles. The number of methoxy groups -OCH3 is 1. The summed E-state index contributed by atoms with van der Waals surface area (Å²) in [6.45, 7) is 7.01. The van der Waals surface area contributed by atoms with Crippen LogP contribution in [0.25, 0.3) is 0 Å². The van der Waals surface area contributed by atoms with Crippen LogP contribution < -0.4 is 14.2 Å². The smallest absolute Gasteiger partial charge is 0.339 e. The van der Waals surface area contributed by atoms with E-state index in [-0.39, 0.29) is 45.1 Å². The highest BCUT2D eigenvalue weighted by atomic mass is 35.5. The van der Waals surface area contributed by atoms with Crippen LogP contribution in [0.1, 0.15) is 39.2 Å². The molecule has 0 bridgehead atoms. The van der Waals surface area contributed by atoms with Gasteiger partial charge in [0.15, 0.2) is 11.5 Å². The molecule has 2 aromatic rings. The molecule has 3 rings (SSSR count). The summed E-state index contributed by atoms with van der Waals surface area (Å²) in [5.74, 6) is 0.214. The number of ether oxygens (including phenoxy) is 2. The fourth-order valence-corrected chi connectivity index (χ4v) is 4.88. The van der Waals surface area contributed by atoms with Crippen LogP contribution in [0.3, 0.4) is 0 Å². The van der Waals surface area contributed by atoms with Crippen molar-refractivity contribution in [3.05, 3.63) is 52.0 Å². The van der Waals surface area contributed by atoms with Gasteiger partial charge in [-0.2, -0.15) is 8.42 Å². The van der Waals surface area contributed by atoms with Gasteiger partial charge in [0.25, 0.3) is 0 Å². The lowest BCUT2D eigenvalue weighted by molar-refractivity contribution is 0.0782. The zero-order chi connectivity index (χ0) is 25.8. The zero-order valence-corrected chi connectivity index (χ0v) is 22.5. The van der Waals surface area contributed by atoms with Gasteiger partial charge in [-0.05, 0) is 69.5 Å². The van der Waals surface area contributed by atoms with E-state index in [1.165, 1.54) is 25.3 Å². The SMILES string of the molecule is COc1ccc(CN(C[C@@H]2CCCO2)C(=O)NC(C)(C)C)cc1OS(=O)(=O)c1ccc(Cl)c(Cl)c1. The van der Waals surface area contributed by atoms with Crippen LogP contribution in [-0.2, 0) is 21.4 Å². The number of carbonyl (C=O) groups is 1. The number of carbonyl (C=O) groups excluding carboxylic acids is 1. The molecule has 35 heavy (non-hydrogen) atoms. The number of nitrogens with one attached hydrogen (secondary N) is 1. The largest absolute Gasteiger partial charge is 0.493 e. The molecule has 2 amide bonds. The predicted molar refractivity (Wildman–Crippen MR) is 135 cm³/mol. The van der Waals surface area contributed by atoms with E-state index < -0.39 is 15.7 Å². The Hall–Kier alpha value is -2.20. The van der Waals surface area contributed by atoms with Gasteiger partial charge in [0.1, 0.15) is 4.90 Å². The maximum Gasteiger partial charge on any atom is 0.339 e. The molecular weight excluding hydrogens is 515 g/mol. The molecule has 1 N–H and O–H groups in total. The van der Waals surface area contributed by atoms with Crippen molar-refractivity contribution < 1.29 is 26.9 Å². The van der Waals surface area contributed by atoms with Gasteiger partial charge in [0.2, 0.25) is 0 Å². The van der Waals surface area contributed by atoms with Gasteiger partial charge in [-0.25, -0.2) is 4.79 Å². The average molecular weight is 545 g/mol. The summed E-state index contributed by atoms with van der Waals surface area (Å²) in [7, 11) is -2.81. The number of rotatable bonds is 8. The average Bonchev–Trinajstić information content (AvgIpc) is 3.27. The molecule has 11 heteroatoms. The predicted octanol–water partition coefficient (Wildman–Crippen LogP) is 5.26. The minimum Gasteiger partial charge on any atom is -0.493 e. The molecule has 0 saturated carbocycles. The summed E-state index contributed by atoms with van der Waals surface area (Å²) in [5, 5.41) is 3.29. The lowest BCUT2D eigenvalue weighted by Crippen LogP contribution is -2.50. The molecule has 1 saturated heterocycles. The second kappa shape index (κ2) is 11.2. The normalized spacial score (nSPS) is 16.1. The van der Waals surface area contributed by atoms with Gasteiger partial charge in [-0.3, -0.25) is 0 Å². The third-order valence-corrected chi connectivity index (χ3v) is 7.17. The monoisotopic (exact) mass is 544 g/mol. The van der Waals surface area contributed by atoms with E-state index in [0.29, 0.717) is 18.7 Å². The number of nitrogens with zero attached hydrogens (tertiary/aromatic N) is 1. The van der Waals surface area contributed by atoms with Crippen molar-refractivity contribution in [2.45, 2.75) is 56.7 Å². The van der Waals surface area contributed by atoms with Crippen LogP contribution >= 0.6 is 23.2 Å². The van der Waals surface area contributed by atoms with Crippen molar-refractivity contribution in [3.8, 4) is 11.5 Å². The maximum atomic E-state index is 13.0. The number of hydrogen-bond acceptors (Lipinski definition) is 6. The summed E-state index contributed by atoms with van der Waals surface area (Å²) in [6.07, 6.45) is 1.77. The van der Waals surface area contributed by atoms with Crippen LogP contribution in [-0.4, -0.2) is 51.3 Å². The highest BCUT2D eigenvalue weighted by Crippen LogP contribution is 2.33. The number of hydrogen-bond donors (Lipinski definition) is 1. The second-order valence-electron chi connectivity index (χ2n) is 9.29. The molecule has 0 radical (unpaired) electrons. The molecule has 0 aliphatic carbocycles. The summed E-state index contributed by atoms with van der Waals surface area (Å²) >= 11 is 11.9. The lowest BCUT2D eigenvalue weighted by atomic mass is 10.1.